The van der Waals surface area contributed by atoms with E-state index in [4.69, 9.17) is 13.9 Å². The van der Waals surface area contributed by atoms with Crippen molar-refractivity contribution >= 4 is 32.7 Å². The molecule has 4 rings (SSSR count). The van der Waals surface area contributed by atoms with Crippen LogP contribution >= 0.6 is 0 Å². The molecule has 10 nitrogen and oxygen atoms in total. The highest BCUT2D eigenvalue weighted by Gasteiger charge is 2.34. The molecule has 0 bridgehead atoms. The molecular formula is C24H29N3O7S. The highest BCUT2D eigenvalue weighted by molar-refractivity contribution is 7.89. The Balaban J connectivity index is 1.53. The number of fused-ring (bicyclic) bond motifs is 1. The van der Waals surface area contributed by atoms with E-state index in [-0.39, 0.29) is 22.9 Å². The number of oxazole rings is 1. The minimum atomic E-state index is -3.89. The lowest BCUT2D eigenvalue weighted by Crippen LogP contribution is -2.43. The van der Waals surface area contributed by atoms with Crippen molar-refractivity contribution in [3.05, 3.63) is 46.9 Å². The van der Waals surface area contributed by atoms with Gasteiger partial charge in [0, 0.05) is 32.3 Å². The minimum Gasteiger partial charge on any atom is -0.494 e. The number of aromatic nitrogens is 1. The van der Waals surface area contributed by atoms with Crippen LogP contribution in [-0.2, 0) is 21.9 Å². The standard InChI is InChI=1S/C24H29N3O7S/c1-4-32-17-8-11-21(33-5-2)19(13-17)25-23(28)16-7-6-12-27(15-16)35(30,31)18-9-10-20-22(14-18)34-24(29)26(20)3/h8-11,13-14,16H,4-7,12,15H2,1-3H3,(H,25,28)/t16-/m0/s1. The maximum Gasteiger partial charge on any atom is 0.419 e. The van der Waals surface area contributed by atoms with Crippen LogP contribution < -0.4 is 20.5 Å². The molecule has 2 aromatic carbocycles. The summed E-state index contributed by atoms with van der Waals surface area (Å²) in [6.07, 6.45) is 1.09. The number of rotatable bonds is 8. The summed E-state index contributed by atoms with van der Waals surface area (Å²) in [5, 5.41) is 2.89. The summed E-state index contributed by atoms with van der Waals surface area (Å²) in [6, 6.07) is 9.55. The van der Waals surface area contributed by atoms with Crippen molar-refractivity contribution in [3.63, 3.8) is 0 Å². The predicted molar refractivity (Wildman–Crippen MR) is 130 cm³/mol. The first-order chi connectivity index (χ1) is 16.7. The van der Waals surface area contributed by atoms with Gasteiger partial charge in [0.2, 0.25) is 15.9 Å². The van der Waals surface area contributed by atoms with Gasteiger partial charge < -0.3 is 19.2 Å². The largest absolute Gasteiger partial charge is 0.494 e. The quantitative estimate of drug-likeness (QED) is 0.502. The topological polar surface area (TPSA) is 120 Å². The Bertz CT molecular complexity index is 1390. The van der Waals surface area contributed by atoms with Gasteiger partial charge >= 0.3 is 5.76 Å². The normalized spacial score (nSPS) is 16.8. The number of carbonyl (C=O) groups excluding carboxylic acids is 1. The van der Waals surface area contributed by atoms with Gasteiger partial charge in [0.1, 0.15) is 11.5 Å². The second-order valence-corrected chi connectivity index (χ2v) is 10.2. The maximum atomic E-state index is 13.3. The Morgan fingerprint density at radius 1 is 1.14 bits per heavy atom. The fraction of sp³-hybridized carbons (Fsp3) is 0.417. The number of amides is 1. The number of carbonyl (C=O) groups is 1. The molecule has 1 aliphatic rings. The molecule has 0 aliphatic carbocycles. The fourth-order valence-corrected chi connectivity index (χ4v) is 5.72. The fourth-order valence-electron chi connectivity index (χ4n) is 4.18. The van der Waals surface area contributed by atoms with Crippen LogP contribution in [0.4, 0.5) is 5.69 Å². The van der Waals surface area contributed by atoms with Crippen LogP contribution in [0.3, 0.4) is 0 Å². The third-order valence-corrected chi connectivity index (χ3v) is 7.84. The van der Waals surface area contributed by atoms with Crippen LogP contribution in [0, 0.1) is 5.92 Å². The van der Waals surface area contributed by atoms with Crippen LogP contribution in [-0.4, -0.2) is 49.5 Å². The molecule has 1 fully saturated rings. The summed E-state index contributed by atoms with van der Waals surface area (Å²) in [5.41, 5.74) is 1.18. The number of hydrogen-bond acceptors (Lipinski definition) is 7. The zero-order valence-corrected chi connectivity index (χ0v) is 20.8. The monoisotopic (exact) mass is 503 g/mol. The van der Waals surface area contributed by atoms with Crippen molar-refractivity contribution in [3.8, 4) is 11.5 Å². The molecule has 1 N–H and O–H groups in total. The van der Waals surface area contributed by atoms with E-state index in [0.717, 1.165) is 0 Å². The molecular weight excluding hydrogens is 474 g/mol. The Morgan fingerprint density at radius 3 is 2.66 bits per heavy atom. The molecule has 35 heavy (non-hydrogen) atoms. The summed E-state index contributed by atoms with van der Waals surface area (Å²) in [6.45, 7) is 4.97. The molecule has 188 valence electrons. The molecule has 0 radical (unpaired) electrons. The molecule has 1 aromatic heterocycles. The molecule has 1 aliphatic heterocycles. The lowest BCUT2D eigenvalue weighted by atomic mass is 9.98. The molecule has 3 aromatic rings. The Morgan fingerprint density at radius 2 is 1.91 bits per heavy atom. The van der Waals surface area contributed by atoms with Gasteiger partial charge in [-0.3, -0.25) is 9.36 Å². The smallest absolute Gasteiger partial charge is 0.419 e. The highest BCUT2D eigenvalue weighted by atomic mass is 32.2. The average molecular weight is 504 g/mol. The van der Waals surface area contributed by atoms with Gasteiger partial charge in [-0.05, 0) is 51.0 Å². The Kier molecular flexibility index (Phi) is 7.18. The SMILES string of the molecule is CCOc1ccc(OCC)c(NC(=O)[C@H]2CCCN(S(=O)(=O)c3ccc4c(c3)oc(=O)n4C)C2)c1. The van der Waals surface area contributed by atoms with Crippen molar-refractivity contribution in [1.82, 2.24) is 8.87 Å². The molecule has 1 atom stereocenters. The van der Waals surface area contributed by atoms with E-state index in [0.29, 0.717) is 55.3 Å². The van der Waals surface area contributed by atoms with Gasteiger partial charge in [0.05, 0.1) is 35.2 Å². The van der Waals surface area contributed by atoms with Crippen LogP contribution in [0.15, 0.2) is 50.5 Å². The Hall–Kier alpha value is -3.31. The molecule has 0 saturated carbocycles. The summed E-state index contributed by atoms with van der Waals surface area (Å²) < 4.78 is 45.6. The minimum absolute atomic E-state index is 0.0171. The van der Waals surface area contributed by atoms with Crippen LogP contribution in [0.5, 0.6) is 11.5 Å². The van der Waals surface area contributed by atoms with E-state index in [9.17, 15) is 18.0 Å². The van der Waals surface area contributed by atoms with Crippen molar-refractivity contribution in [2.75, 3.05) is 31.6 Å². The van der Waals surface area contributed by atoms with Gasteiger partial charge in [0.25, 0.3) is 0 Å². The van der Waals surface area contributed by atoms with Gasteiger partial charge in [-0.25, -0.2) is 13.2 Å². The van der Waals surface area contributed by atoms with Crippen molar-refractivity contribution in [1.29, 1.82) is 0 Å². The number of nitrogens with one attached hydrogen (secondary N) is 1. The number of hydrogen-bond donors (Lipinski definition) is 1. The van der Waals surface area contributed by atoms with E-state index >= 15 is 0 Å². The van der Waals surface area contributed by atoms with Crippen LogP contribution in [0.1, 0.15) is 26.7 Å². The number of aryl methyl sites for hydroxylation is 1. The van der Waals surface area contributed by atoms with Gasteiger partial charge in [-0.15, -0.1) is 0 Å². The molecule has 1 amide bonds. The number of piperidine rings is 1. The van der Waals surface area contributed by atoms with Crippen LogP contribution in [0.2, 0.25) is 0 Å². The molecule has 2 heterocycles. The maximum absolute atomic E-state index is 13.3. The zero-order valence-electron chi connectivity index (χ0n) is 19.9. The first-order valence-electron chi connectivity index (χ1n) is 11.5. The number of benzene rings is 2. The van der Waals surface area contributed by atoms with Crippen molar-refractivity contribution in [2.45, 2.75) is 31.6 Å². The summed E-state index contributed by atoms with van der Waals surface area (Å²) in [4.78, 5) is 24.9. The van der Waals surface area contributed by atoms with Crippen molar-refractivity contribution < 1.29 is 27.1 Å². The van der Waals surface area contributed by atoms with Gasteiger partial charge in [-0.1, -0.05) is 0 Å². The lowest BCUT2D eigenvalue weighted by Gasteiger charge is -2.31. The third-order valence-electron chi connectivity index (χ3n) is 5.98. The lowest BCUT2D eigenvalue weighted by molar-refractivity contribution is -0.120. The zero-order chi connectivity index (χ0) is 25.2. The first-order valence-corrected chi connectivity index (χ1v) is 13.0. The summed E-state index contributed by atoms with van der Waals surface area (Å²) >= 11 is 0. The van der Waals surface area contributed by atoms with E-state index < -0.39 is 21.7 Å². The molecule has 11 heteroatoms. The van der Waals surface area contributed by atoms with Gasteiger partial charge in [-0.2, -0.15) is 4.31 Å². The number of sulfonamides is 1. The summed E-state index contributed by atoms with van der Waals surface area (Å²) in [7, 11) is -2.34. The van der Waals surface area contributed by atoms with Crippen LogP contribution in [0.25, 0.3) is 11.1 Å². The molecule has 0 spiro atoms. The molecule has 1 saturated heterocycles. The highest BCUT2D eigenvalue weighted by Crippen LogP contribution is 2.31. The van der Waals surface area contributed by atoms with E-state index in [1.54, 1.807) is 31.3 Å². The molecule has 0 unspecified atom stereocenters. The second-order valence-electron chi connectivity index (χ2n) is 8.27. The Labute approximate surface area is 203 Å². The van der Waals surface area contributed by atoms with Gasteiger partial charge in [0.15, 0.2) is 5.58 Å². The van der Waals surface area contributed by atoms with E-state index in [1.807, 2.05) is 13.8 Å². The summed E-state index contributed by atoms with van der Waals surface area (Å²) in [5.74, 6) is -0.278. The number of nitrogens with zero attached hydrogens (tertiary/aromatic N) is 2. The average Bonchev–Trinajstić information content (AvgIpc) is 3.13. The number of ether oxygens (including phenoxy) is 2. The van der Waals surface area contributed by atoms with E-state index in [2.05, 4.69) is 5.32 Å². The van der Waals surface area contributed by atoms with Crippen molar-refractivity contribution in [2.24, 2.45) is 13.0 Å². The van der Waals surface area contributed by atoms with E-state index in [1.165, 1.54) is 21.0 Å². The second kappa shape index (κ2) is 10.1. The third kappa shape index (κ3) is 5.06. The first kappa shape index (κ1) is 24.8. The number of anilines is 1. The predicted octanol–water partition coefficient (Wildman–Crippen LogP) is 2.97.